The van der Waals surface area contributed by atoms with Crippen LogP contribution in [0.1, 0.15) is 26.7 Å². The van der Waals surface area contributed by atoms with Gasteiger partial charge in [-0.25, -0.2) is 9.59 Å². The van der Waals surface area contributed by atoms with E-state index in [1.807, 2.05) is 6.92 Å². The van der Waals surface area contributed by atoms with Crippen LogP contribution in [0.25, 0.3) is 0 Å². The summed E-state index contributed by atoms with van der Waals surface area (Å²) in [6.07, 6.45) is 2.72. The van der Waals surface area contributed by atoms with E-state index in [1.54, 1.807) is 0 Å². The largest absolute Gasteiger partial charge is 0.461 e. The molecule has 3 rings (SSSR count). The average Bonchev–Trinajstić information content (AvgIpc) is 3.17. The highest BCUT2D eigenvalue weighted by Gasteiger charge is 2.52. The van der Waals surface area contributed by atoms with Crippen LogP contribution in [0.2, 0.25) is 0 Å². The molecule has 1 aliphatic heterocycles. The Balaban J connectivity index is 1.99. The van der Waals surface area contributed by atoms with Crippen molar-refractivity contribution in [2.75, 3.05) is 19.8 Å². The van der Waals surface area contributed by atoms with Gasteiger partial charge in [0, 0.05) is 24.8 Å². The van der Waals surface area contributed by atoms with Crippen molar-refractivity contribution in [1.82, 2.24) is 0 Å². The lowest BCUT2D eigenvalue weighted by Crippen LogP contribution is -2.36. The first kappa shape index (κ1) is 22.0. The third-order valence-corrected chi connectivity index (χ3v) is 5.88. The minimum absolute atomic E-state index is 0.0511. The summed E-state index contributed by atoms with van der Waals surface area (Å²) in [7, 11) is 0. The molecule has 4 atom stereocenters. The molecule has 2 N–H and O–H groups in total. The molecule has 3 aliphatic rings. The van der Waals surface area contributed by atoms with Gasteiger partial charge in [0.2, 0.25) is 0 Å². The normalized spacial score (nSPS) is 28.4. The zero-order valence-corrected chi connectivity index (χ0v) is 17.1. The van der Waals surface area contributed by atoms with E-state index >= 15 is 0 Å². The van der Waals surface area contributed by atoms with Gasteiger partial charge in [0.15, 0.2) is 0 Å². The van der Waals surface area contributed by atoms with Gasteiger partial charge >= 0.3 is 17.9 Å². The van der Waals surface area contributed by atoms with Crippen LogP contribution in [0, 0.1) is 11.8 Å². The van der Waals surface area contributed by atoms with Gasteiger partial charge in [-0.1, -0.05) is 23.8 Å². The summed E-state index contributed by atoms with van der Waals surface area (Å²) in [6.45, 7) is 6.17. The fraction of sp³-hybridized carbons (Fsp3) is 0.500. The Bertz CT molecular complexity index is 862. The van der Waals surface area contributed by atoms with Crippen LogP contribution in [0.15, 0.2) is 46.6 Å². The van der Waals surface area contributed by atoms with E-state index in [4.69, 9.17) is 19.3 Å². The number of hydrogen-bond donors (Lipinski definition) is 2. The summed E-state index contributed by atoms with van der Waals surface area (Å²) >= 11 is 0. The summed E-state index contributed by atoms with van der Waals surface area (Å²) in [5, 5.41) is 18.5. The molecule has 0 saturated carbocycles. The number of hydrogen-bond acceptors (Lipinski definition) is 8. The van der Waals surface area contributed by atoms with Crippen molar-refractivity contribution in [3.63, 3.8) is 0 Å². The van der Waals surface area contributed by atoms with E-state index in [1.165, 1.54) is 13.0 Å². The van der Waals surface area contributed by atoms with Crippen LogP contribution >= 0.6 is 0 Å². The highest BCUT2D eigenvalue weighted by molar-refractivity contribution is 5.92. The molecular formula is C22H26O8. The van der Waals surface area contributed by atoms with Crippen LogP contribution < -0.4 is 0 Å². The molecule has 0 aromatic rings. The summed E-state index contributed by atoms with van der Waals surface area (Å²) < 4.78 is 16.6. The molecule has 1 heterocycles. The fourth-order valence-corrected chi connectivity index (χ4v) is 4.43. The van der Waals surface area contributed by atoms with Gasteiger partial charge < -0.3 is 24.4 Å². The molecule has 0 spiro atoms. The molecule has 0 radical (unpaired) electrons. The molecule has 162 valence electrons. The maximum Gasteiger partial charge on any atom is 0.336 e. The van der Waals surface area contributed by atoms with Crippen LogP contribution in [0.5, 0.6) is 0 Å². The van der Waals surface area contributed by atoms with Gasteiger partial charge in [0.05, 0.1) is 24.7 Å². The van der Waals surface area contributed by atoms with Crippen LogP contribution in [-0.4, -0.2) is 60.1 Å². The Morgan fingerprint density at radius 2 is 2.10 bits per heavy atom. The van der Waals surface area contributed by atoms with Crippen molar-refractivity contribution in [3.05, 3.63) is 46.6 Å². The Morgan fingerprint density at radius 1 is 1.37 bits per heavy atom. The van der Waals surface area contributed by atoms with Gasteiger partial charge in [0.1, 0.15) is 18.8 Å². The van der Waals surface area contributed by atoms with E-state index in [0.29, 0.717) is 6.42 Å². The summed E-state index contributed by atoms with van der Waals surface area (Å²) in [5.41, 5.74) is 2.99. The van der Waals surface area contributed by atoms with Crippen molar-refractivity contribution >= 4 is 17.9 Å². The van der Waals surface area contributed by atoms with E-state index in [0.717, 1.165) is 16.7 Å². The second-order valence-electron chi connectivity index (χ2n) is 7.68. The molecule has 0 aromatic carbocycles. The van der Waals surface area contributed by atoms with Crippen LogP contribution in [0.4, 0.5) is 0 Å². The van der Waals surface area contributed by atoms with Crippen LogP contribution in [0.3, 0.4) is 0 Å². The Kier molecular flexibility index (Phi) is 6.58. The lowest BCUT2D eigenvalue weighted by Gasteiger charge is -2.28. The van der Waals surface area contributed by atoms with E-state index in [9.17, 15) is 19.5 Å². The number of fused-ring (bicyclic) bond motifs is 3. The van der Waals surface area contributed by atoms with Crippen molar-refractivity contribution in [2.24, 2.45) is 11.8 Å². The zero-order chi connectivity index (χ0) is 22.0. The number of carbonyl (C=O) groups is 3. The average molecular weight is 418 g/mol. The number of ether oxygens (including phenoxy) is 3. The standard InChI is InChI=1S/C22H26O8/c1-11-4-5-16-15(10-28-13(3)25)8-17(29-22(27)14(9-24)6-7-23)19-12(2)21(26)30-20(19)18(11)16/h4,6,17-20,23-24H,2,5,7-10H2,1,3H3/b14-6+/t17-,18+,19-,20-/m1/s1. The molecule has 8 heteroatoms. The zero-order valence-electron chi connectivity index (χ0n) is 17.1. The minimum atomic E-state index is -0.799. The summed E-state index contributed by atoms with van der Waals surface area (Å²) in [4.78, 5) is 36.3. The molecule has 0 amide bonds. The Labute approximate surface area is 174 Å². The van der Waals surface area contributed by atoms with Gasteiger partial charge in [-0.05, 0) is 25.0 Å². The predicted octanol–water partition coefficient (Wildman–Crippen LogP) is 1.14. The molecular weight excluding hydrogens is 392 g/mol. The predicted molar refractivity (Wildman–Crippen MR) is 105 cm³/mol. The number of carbonyl (C=O) groups excluding carboxylic acids is 3. The first-order chi connectivity index (χ1) is 14.3. The minimum Gasteiger partial charge on any atom is -0.461 e. The number of allylic oxidation sites excluding steroid dienone is 1. The van der Waals surface area contributed by atoms with Gasteiger partial charge in [0.25, 0.3) is 0 Å². The quantitative estimate of drug-likeness (QED) is 0.285. The van der Waals surface area contributed by atoms with Crippen molar-refractivity contribution in [3.8, 4) is 0 Å². The highest BCUT2D eigenvalue weighted by atomic mass is 16.6. The maximum absolute atomic E-state index is 12.6. The Hall–Kier alpha value is -2.71. The van der Waals surface area contributed by atoms with Gasteiger partial charge in [-0.2, -0.15) is 0 Å². The molecule has 0 unspecified atom stereocenters. The first-order valence-corrected chi connectivity index (χ1v) is 9.80. The smallest absolute Gasteiger partial charge is 0.336 e. The summed E-state index contributed by atoms with van der Waals surface area (Å²) in [5.74, 6) is -2.52. The SMILES string of the molecule is C=C1C(=O)O[C@@H]2[C@H]3C(C)=CCC3=C(COC(C)=O)C[C@@H](OC(=O)/C(=C/CO)CO)[C@@H]12. The van der Waals surface area contributed by atoms with Crippen LogP contribution in [-0.2, 0) is 28.6 Å². The van der Waals surface area contributed by atoms with E-state index in [-0.39, 0.29) is 30.1 Å². The van der Waals surface area contributed by atoms with Crippen molar-refractivity contribution in [2.45, 2.75) is 38.9 Å². The third-order valence-electron chi connectivity index (χ3n) is 5.88. The lowest BCUT2D eigenvalue weighted by atomic mass is 9.82. The van der Waals surface area contributed by atoms with Crippen molar-refractivity contribution in [1.29, 1.82) is 0 Å². The molecule has 2 aliphatic carbocycles. The Morgan fingerprint density at radius 3 is 2.73 bits per heavy atom. The number of aliphatic hydroxyl groups is 2. The van der Waals surface area contributed by atoms with Crippen molar-refractivity contribution < 1.29 is 38.8 Å². The third kappa shape index (κ3) is 4.11. The fourth-order valence-electron chi connectivity index (χ4n) is 4.43. The lowest BCUT2D eigenvalue weighted by molar-refractivity contribution is -0.149. The molecule has 8 nitrogen and oxygen atoms in total. The van der Waals surface area contributed by atoms with E-state index in [2.05, 4.69) is 12.7 Å². The number of esters is 3. The second kappa shape index (κ2) is 8.97. The number of aliphatic hydroxyl groups excluding tert-OH is 2. The highest BCUT2D eigenvalue weighted by Crippen LogP contribution is 2.49. The summed E-state index contributed by atoms with van der Waals surface area (Å²) in [6, 6.07) is 0. The maximum atomic E-state index is 12.6. The second-order valence-corrected chi connectivity index (χ2v) is 7.68. The molecule has 30 heavy (non-hydrogen) atoms. The van der Waals surface area contributed by atoms with Gasteiger partial charge in [-0.3, -0.25) is 4.79 Å². The van der Waals surface area contributed by atoms with E-state index < -0.39 is 49.2 Å². The molecule has 1 fully saturated rings. The molecule has 1 saturated heterocycles. The molecule has 0 bridgehead atoms. The first-order valence-electron chi connectivity index (χ1n) is 9.80. The van der Waals surface area contributed by atoms with Gasteiger partial charge in [-0.15, -0.1) is 0 Å². The number of rotatable bonds is 6. The monoisotopic (exact) mass is 418 g/mol. The molecule has 0 aromatic heterocycles. The topological polar surface area (TPSA) is 119 Å².